The van der Waals surface area contributed by atoms with Crippen molar-refractivity contribution in [1.29, 1.82) is 0 Å². The molecule has 6 nitrogen and oxygen atoms in total. The Morgan fingerprint density at radius 1 is 1.53 bits per heavy atom. The molecule has 2 rings (SSSR count). The number of amides is 1. The average molecular weight is 232 g/mol. The molecule has 2 aromatic rings. The van der Waals surface area contributed by atoms with Crippen molar-refractivity contribution in [3.63, 3.8) is 0 Å². The van der Waals surface area contributed by atoms with Crippen LogP contribution >= 0.6 is 0 Å². The number of nitrogens with one attached hydrogen (secondary N) is 1. The van der Waals surface area contributed by atoms with Crippen molar-refractivity contribution >= 4 is 11.6 Å². The zero-order chi connectivity index (χ0) is 12.1. The fraction of sp³-hybridized carbons (Fsp3) is 0.182. The van der Waals surface area contributed by atoms with Crippen molar-refractivity contribution < 1.29 is 9.53 Å². The molecule has 0 unspecified atom stereocenters. The maximum Gasteiger partial charge on any atom is 0.250 e. The minimum absolute atomic E-state index is 0.0310. The normalized spacial score (nSPS) is 10.2. The molecule has 0 atom stereocenters. The third kappa shape index (κ3) is 2.88. The third-order valence-electron chi connectivity index (χ3n) is 2.08. The average Bonchev–Trinajstić information content (AvgIpc) is 2.84. The lowest BCUT2D eigenvalue weighted by Gasteiger charge is -2.05. The molecule has 0 aliphatic heterocycles. The monoisotopic (exact) mass is 232 g/mol. The van der Waals surface area contributed by atoms with E-state index < -0.39 is 0 Å². The van der Waals surface area contributed by atoms with Gasteiger partial charge in [-0.15, -0.1) is 0 Å². The molecule has 17 heavy (non-hydrogen) atoms. The minimum Gasteiger partial charge on any atom is -0.375 e. The van der Waals surface area contributed by atoms with Gasteiger partial charge in [-0.3, -0.25) is 9.36 Å². The van der Waals surface area contributed by atoms with Crippen LogP contribution in [0.2, 0.25) is 0 Å². The lowest BCUT2D eigenvalue weighted by molar-refractivity contribution is -0.119. The van der Waals surface area contributed by atoms with E-state index in [0.717, 1.165) is 5.82 Å². The van der Waals surface area contributed by atoms with Crippen LogP contribution in [-0.2, 0) is 9.53 Å². The van der Waals surface area contributed by atoms with E-state index in [0.29, 0.717) is 5.69 Å². The molecule has 0 saturated heterocycles. The Morgan fingerprint density at radius 3 is 3.00 bits per heavy atom. The number of ether oxygens (including phenoxy) is 1. The topological polar surface area (TPSA) is 69.0 Å². The number of hydrogen-bond acceptors (Lipinski definition) is 4. The molecule has 0 aromatic carbocycles. The Balaban J connectivity index is 2.06. The third-order valence-corrected chi connectivity index (χ3v) is 2.08. The Hall–Kier alpha value is -2.21. The van der Waals surface area contributed by atoms with Gasteiger partial charge < -0.3 is 10.1 Å². The highest BCUT2D eigenvalue weighted by molar-refractivity contribution is 5.91. The highest BCUT2D eigenvalue weighted by Crippen LogP contribution is 2.09. The van der Waals surface area contributed by atoms with Gasteiger partial charge >= 0.3 is 0 Å². The highest BCUT2D eigenvalue weighted by atomic mass is 16.5. The van der Waals surface area contributed by atoms with Crippen LogP contribution in [-0.4, -0.2) is 34.2 Å². The summed E-state index contributed by atoms with van der Waals surface area (Å²) in [7, 11) is 1.47. The molecule has 0 aliphatic rings. The van der Waals surface area contributed by atoms with Gasteiger partial charge in [0.1, 0.15) is 18.8 Å². The number of hydrogen-bond donors (Lipinski definition) is 1. The summed E-state index contributed by atoms with van der Waals surface area (Å²) in [5, 5.41) is 2.66. The molecule has 0 saturated carbocycles. The molecule has 1 amide bonds. The van der Waals surface area contributed by atoms with Gasteiger partial charge in [0.2, 0.25) is 5.91 Å². The SMILES string of the molecule is COCC(=O)Nc1ccc(-n2ccnc2)nc1. The zero-order valence-electron chi connectivity index (χ0n) is 9.33. The van der Waals surface area contributed by atoms with Crippen molar-refractivity contribution in [1.82, 2.24) is 14.5 Å². The van der Waals surface area contributed by atoms with Crippen LogP contribution in [0.15, 0.2) is 37.1 Å². The maximum absolute atomic E-state index is 11.2. The van der Waals surface area contributed by atoms with Crippen LogP contribution < -0.4 is 5.32 Å². The van der Waals surface area contributed by atoms with E-state index >= 15 is 0 Å². The molecule has 0 spiro atoms. The Morgan fingerprint density at radius 2 is 2.41 bits per heavy atom. The number of anilines is 1. The summed E-state index contributed by atoms with van der Waals surface area (Å²) in [4.78, 5) is 19.4. The van der Waals surface area contributed by atoms with Crippen LogP contribution in [0.3, 0.4) is 0 Å². The summed E-state index contributed by atoms with van der Waals surface area (Å²) in [6.07, 6.45) is 6.72. The van der Waals surface area contributed by atoms with Crippen molar-refractivity contribution in [2.75, 3.05) is 19.0 Å². The van der Waals surface area contributed by atoms with Gasteiger partial charge in [-0.05, 0) is 12.1 Å². The second-order valence-electron chi connectivity index (χ2n) is 3.36. The number of rotatable bonds is 4. The number of methoxy groups -OCH3 is 1. The van der Waals surface area contributed by atoms with Crippen LogP contribution in [0.25, 0.3) is 5.82 Å². The zero-order valence-corrected chi connectivity index (χ0v) is 9.33. The van der Waals surface area contributed by atoms with E-state index in [1.807, 2.05) is 0 Å². The van der Waals surface area contributed by atoms with Crippen LogP contribution in [0, 0.1) is 0 Å². The standard InChI is InChI=1S/C11H12N4O2/c1-17-7-11(16)14-9-2-3-10(13-6-9)15-5-4-12-8-15/h2-6,8H,7H2,1H3,(H,14,16). The molecule has 2 heterocycles. The van der Waals surface area contributed by atoms with Gasteiger partial charge in [0.15, 0.2) is 0 Å². The fourth-order valence-electron chi connectivity index (χ4n) is 1.34. The Kier molecular flexibility index (Phi) is 3.46. The molecule has 88 valence electrons. The second-order valence-corrected chi connectivity index (χ2v) is 3.36. The predicted molar refractivity (Wildman–Crippen MR) is 61.9 cm³/mol. The first-order valence-electron chi connectivity index (χ1n) is 5.03. The van der Waals surface area contributed by atoms with Crippen molar-refractivity contribution in [2.45, 2.75) is 0 Å². The van der Waals surface area contributed by atoms with E-state index in [1.165, 1.54) is 7.11 Å². The number of carbonyl (C=O) groups excluding carboxylic acids is 1. The molecular weight excluding hydrogens is 220 g/mol. The summed E-state index contributed by atoms with van der Waals surface area (Å²) in [5.41, 5.74) is 0.635. The summed E-state index contributed by atoms with van der Waals surface area (Å²) in [6.45, 7) is 0.0310. The number of carbonyl (C=O) groups is 1. The summed E-state index contributed by atoms with van der Waals surface area (Å²) < 4.78 is 6.49. The fourth-order valence-corrected chi connectivity index (χ4v) is 1.34. The van der Waals surface area contributed by atoms with Gasteiger partial charge in [-0.25, -0.2) is 9.97 Å². The first-order chi connectivity index (χ1) is 8.29. The molecule has 0 aliphatic carbocycles. The summed E-state index contributed by atoms with van der Waals surface area (Å²) in [5.74, 6) is 0.539. The van der Waals surface area contributed by atoms with Crippen molar-refractivity contribution in [2.24, 2.45) is 0 Å². The van der Waals surface area contributed by atoms with Crippen molar-refractivity contribution in [3.8, 4) is 5.82 Å². The van der Waals surface area contributed by atoms with Crippen LogP contribution in [0.1, 0.15) is 0 Å². The van der Waals surface area contributed by atoms with E-state index in [1.54, 1.807) is 41.6 Å². The lowest BCUT2D eigenvalue weighted by atomic mass is 10.4. The Bertz CT molecular complexity index is 479. The smallest absolute Gasteiger partial charge is 0.250 e. The van der Waals surface area contributed by atoms with Gasteiger partial charge in [-0.2, -0.15) is 0 Å². The highest BCUT2D eigenvalue weighted by Gasteiger charge is 2.02. The summed E-state index contributed by atoms with van der Waals surface area (Å²) >= 11 is 0. The van der Waals surface area contributed by atoms with Gasteiger partial charge in [-0.1, -0.05) is 0 Å². The number of nitrogens with zero attached hydrogens (tertiary/aromatic N) is 3. The van der Waals surface area contributed by atoms with E-state index in [4.69, 9.17) is 4.74 Å². The summed E-state index contributed by atoms with van der Waals surface area (Å²) in [6, 6.07) is 3.57. The van der Waals surface area contributed by atoms with E-state index in [-0.39, 0.29) is 12.5 Å². The number of pyridine rings is 1. The second kappa shape index (κ2) is 5.22. The molecule has 6 heteroatoms. The number of aromatic nitrogens is 3. The molecule has 0 radical (unpaired) electrons. The van der Waals surface area contributed by atoms with Crippen LogP contribution in [0.4, 0.5) is 5.69 Å². The lowest BCUT2D eigenvalue weighted by Crippen LogP contribution is -2.17. The molecule has 1 N–H and O–H groups in total. The largest absolute Gasteiger partial charge is 0.375 e. The Labute approximate surface area is 98.3 Å². The first-order valence-corrected chi connectivity index (χ1v) is 5.03. The quantitative estimate of drug-likeness (QED) is 0.848. The van der Waals surface area contributed by atoms with Gasteiger partial charge in [0.25, 0.3) is 0 Å². The molecule has 0 bridgehead atoms. The van der Waals surface area contributed by atoms with E-state index in [2.05, 4.69) is 15.3 Å². The first kappa shape index (κ1) is 11.3. The maximum atomic E-state index is 11.2. The molecule has 2 aromatic heterocycles. The predicted octanol–water partition coefficient (Wildman–Crippen LogP) is 0.852. The number of imidazole rings is 1. The van der Waals surface area contributed by atoms with Gasteiger partial charge in [0, 0.05) is 19.5 Å². The minimum atomic E-state index is -0.204. The van der Waals surface area contributed by atoms with Gasteiger partial charge in [0.05, 0.1) is 11.9 Å². The molecule has 0 fully saturated rings. The van der Waals surface area contributed by atoms with E-state index in [9.17, 15) is 4.79 Å². The van der Waals surface area contributed by atoms with Crippen molar-refractivity contribution in [3.05, 3.63) is 37.1 Å². The van der Waals surface area contributed by atoms with Crippen LogP contribution in [0.5, 0.6) is 0 Å². The molecular formula is C11H12N4O2.